The van der Waals surface area contributed by atoms with Gasteiger partial charge in [0.05, 0.1) is 23.1 Å². The summed E-state index contributed by atoms with van der Waals surface area (Å²) in [5.41, 5.74) is 2.39. The second-order valence-electron chi connectivity index (χ2n) is 7.08. The van der Waals surface area contributed by atoms with E-state index >= 15 is 0 Å². The largest absolute Gasteiger partial charge is 0.294 e. The maximum atomic E-state index is 13.5. The van der Waals surface area contributed by atoms with Gasteiger partial charge in [-0.25, -0.2) is 0 Å². The van der Waals surface area contributed by atoms with E-state index < -0.39 is 0 Å². The number of rotatable bonds is 8. The van der Waals surface area contributed by atoms with E-state index in [9.17, 15) is 10.1 Å². The molecule has 1 aromatic heterocycles. The molecular formula is C23H27ClN2OS. The molecule has 2 aromatic rings. The molecule has 148 valence electrons. The quantitative estimate of drug-likeness (QED) is 0.444. The lowest BCUT2D eigenvalue weighted by Crippen LogP contribution is -2.28. The third kappa shape index (κ3) is 4.84. The molecule has 0 saturated carbocycles. The number of nitriles is 1. The predicted octanol–water partition coefficient (Wildman–Crippen LogP) is 6.82. The monoisotopic (exact) mass is 414 g/mol. The predicted molar refractivity (Wildman–Crippen MR) is 118 cm³/mol. The number of carbonyl (C=O) groups excluding carboxylic acids is 1. The Bertz CT molecular complexity index is 896. The molecule has 0 spiro atoms. The zero-order valence-corrected chi connectivity index (χ0v) is 18.5. The van der Waals surface area contributed by atoms with Gasteiger partial charge >= 0.3 is 0 Å². The second kappa shape index (κ2) is 9.91. The van der Waals surface area contributed by atoms with Crippen LogP contribution in [0.25, 0.3) is 0 Å². The van der Waals surface area contributed by atoms with E-state index in [2.05, 4.69) is 39.5 Å². The van der Waals surface area contributed by atoms with Crippen molar-refractivity contribution < 1.29 is 4.79 Å². The number of nitrogens with zero attached hydrogens (tertiary/aromatic N) is 2. The van der Waals surface area contributed by atoms with Crippen molar-refractivity contribution in [3.63, 3.8) is 0 Å². The Morgan fingerprint density at radius 1 is 1.32 bits per heavy atom. The van der Waals surface area contributed by atoms with Gasteiger partial charge in [-0.3, -0.25) is 9.69 Å². The molecule has 0 fully saturated rings. The number of hydrogen-bond acceptors (Lipinski definition) is 3. The highest BCUT2D eigenvalue weighted by Gasteiger charge is 2.28. The van der Waals surface area contributed by atoms with Crippen molar-refractivity contribution in [2.24, 2.45) is 5.92 Å². The maximum absolute atomic E-state index is 13.5. The van der Waals surface area contributed by atoms with Gasteiger partial charge in [-0.2, -0.15) is 5.26 Å². The number of hydrogen-bond donors (Lipinski definition) is 0. The second-order valence-corrected chi connectivity index (χ2v) is 8.77. The molecule has 2 rings (SSSR count). The van der Waals surface area contributed by atoms with Gasteiger partial charge in [-0.05, 0) is 48.4 Å². The SMILES string of the molecule is C=C(Cl)N(Cc1ccccc1C#N)C(=O)c1sc(C)cc1C(CC)C(C)CC. The van der Waals surface area contributed by atoms with Crippen molar-refractivity contribution in [1.29, 1.82) is 5.26 Å². The Hall–Kier alpha value is -2.09. The normalized spacial score (nSPS) is 12.9. The van der Waals surface area contributed by atoms with Crippen LogP contribution < -0.4 is 0 Å². The number of benzene rings is 1. The van der Waals surface area contributed by atoms with Gasteiger partial charge in [0, 0.05) is 4.88 Å². The average molecular weight is 415 g/mol. The van der Waals surface area contributed by atoms with Crippen LogP contribution in [0.3, 0.4) is 0 Å². The van der Waals surface area contributed by atoms with Crippen molar-refractivity contribution in [1.82, 2.24) is 4.90 Å². The molecule has 0 saturated heterocycles. The lowest BCUT2D eigenvalue weighted by Gasteiger charge is -2.25. The minimum absolute atomic E-state index is 0.150. The Kier molecular flexibility index (Phi) is 7.86. The lowest BCUT2D eigenvalue weighted by molar-refractivity contribution is 0.0810. The summed E-state index contributed by atoms with van der Waals surface area (Å²) >= 11 is 7.73. The van der Waals surface area contributed by atoms with Crippen LogP contribution in [-0.2, 0) is 6.54 Å². The van der Waals surface area contributed by atoms with Gasteiger partial charge in [0.15, 0.2) is 0 Å². The van der Waals surface area contributed by atoms with Crippen LogP contribution in [0, 0.1) is 24.2 Å². The van der Waals surface area contributed by atoms with Gasteiger partial charge in [0.1, 0.15) is 5.16 Å². The van der Waals surface area contributed by atoms with Crippen LogP contribution in [0.4, 0.5) is 0 Å². The number of amides is 1. The van der Waals surface area contributed by atoms with Gasteiger partial charge in [-0.15, -0.1) is 11.3 Å². The zero-order valence-electron chi connectivity index (χ0n) is 17.0. The van der Waals surface area contributed by atoms with Crippen molar-refractivity contribution in [2.45, 2.75) is 53.0 Å². The van der Waals surface area contributed by atoms with Gasteiger partial charge in [0.2, 0.25) is 0 Å². The fourth-order valence-electron chi connectivity index (χ4n) is 3.52. The first-order valence-corrected chi connectivity index (χ1v) is 10.8. The highest BCUT2D eigenvalue weighted by Crippen LogP contribution is 2.37. The third-order valence-electron chi connectivity index (χ3n) is 5.25. The molecule has 0 N–H and O–H groups in total. The minimum atomic E-state index is -0.150. The van der Waals surface area contributed by atoms with Crippen LogP contribution in [-0.4, -0.2) is 10.8 Å². The average Bonchev–Trinajstić information content (AvgIpc) is 3.07. The van der Waals surface area contributed by atoms with Crippen LogP contribution in [0.5, 0.6) is 0 Å². The molecule has 2 atom stereocenters. The molecule has 0 aliphatic heterocycles. The summed E-state index contributed by atoms with van der Waals surface area (Å²) in [6.45, 7) is 12.6. The van der Waals surface area contributed by atoms with Crippen molar-refractivity contribution in [2.75, 3.05) is 0 Å². The van der Waals surface area contributed by atoms with E-state index in [0.29, 0.717) is 17.4 Å². The van der Waals surface area contributed by atoms with E-state index in [1.807, 2.05) is 25.1 Å². The smallest absolute Gasteiger partial charge is 0.269 e. The lowest BCUT2D eigenvalue weighted by atomic mass is 9.83. The number of carbonyl (C=O) groups is 1. The van der Waals surface area contributed by atoms with E-state index in [1.54, 1.807) is 6.07 Å². The van der Waals surface area contributed by atoms with Crippen LogP contribution in [0.15, 0.2) is 42.1 Å². The van der Waals surface area contributed by atoms with E-state index in [4.69, 9.17) is 11.6 Å². The Labute approximate surface area is 177 Å². The third-order valence-corrected chi connectivity index (χ3v) is 6.51. The standard InChI is InChI=1S/C23H27ClN2OS/c1-6-15(3)20(7-2)21-12-16(4)28-22(21)23(27)26(17(5)24)14-19-11-9-8-10-18(19)13-25/h8-12,15,20H,5-7,14H2,1-4H3. The fraction of sp³-hybridized carbons (Fsp3) is 0.391. The fourth-order valence-corrected chi connectivity index (χ4v) is 4.69. The molecule has 5 heteroatoms. The molecule has 2 unspecified atom stereocenters. The highest BCUT2D eigenvalue weighted by atomic mass is 35.5. The first-order chi connectivity index (χ1) is 13.3. The van der Waals surface area contributed by atoms with E-state index in [-0.39, 0.29) is 17.6 Å². The van der Waals surface area contributed by atoms with E-state index in [0.717, 1.165) is 33.7 Å². The molecule has 1 aromatic carbocycles. The summed E-state index contributed by atoms with van der Waals surface area (Å²) in [6.07, 6.45) is 2.03. The number of halogens is 1. The maximum Gasteiger partial charge on any atom is 0.269 e. The van der Waals surface area contributed by atoms with Gasteiger partial charge in [-0.1, -0.05) is 63.6 Å². The molecule has 0 bridgehead atoms. The zero-order chi connectivity index (χ0) is 20.8. The molecule has 0 aliphatic carbocycles. The molecule has 0 radical (unpaired) electrons. The summed E-state index contributed by atoms with van der Waals surface area (Å²) in [4.78, 5) is 16.8. The van der Waals surface area contributed by atoms with Gasteiger partial charge < -0.3 is 0 Å². The van der Waals surface area contributed by atoms with Crippen molar-refractivity contribution in [3.8, 4) is 6.07 Å². The Morgan fingerprint density at radius 2 is 2.00 bits per heavy atom. The van der Waals surface area contributed by atoms with Crippen molar-refractivity contribution in [3.05, 3.63) is 68.5 Å². The molecule has 0 aliphatic rings. The van der Waals surface area contributed by atoms with Gasteiger partial charge in [0.25, 0.3) is 5.91 Å². The molecule has 1 amide bonds. The van der Waals surface area contributed by atoms with Crippen LogP contribution >= 0.6 is 22.9 Å². The highest BCUT2D eigenvalue weighted by molar-refractivity contribution is 7.14. The molecular weight excluding hydrogens is 388 g/mol. The van der Waals surface area contributed by atoms with E-state index in [1.165, 1.54) is 16.2 Å². The first kappa shape index (κ1) is 22.2. The molecule has 28 heavy (non-hydrogen) atoms. The summed E-state index contributed by atoms with van der Waals surface area (Å²) in [7, 11) is 0. The van der Waals surface area contributed by atoms with Crippen molar-refractivity contribution >= 4 is 28.8 Å². The van der Waals surface area contributed by atoms with Crippen LogP contribution in [0.1, 0.15) is 70.8 Å². The summed E-state index contributed by atoms with van der Waals surface area (Å²) < 4.78 is 0. The molecule has 1 heterocycles. The Morgan fingerprint density at radius 3 is 2.57 bits per heavy atom. The van der Waals surface area contributed by atoms with Crippen LogP contribution in [0.2, 0.25) is 0 Å². The first-order valence-electron chi connectivity index (χ1n) is 9.58. The minimum Gasteiger partial charge on any atom is -0.294 e. The number of aryl methyl sites for hydroxylation is 1. The Balaban J connectivity index is 2.44. The molecule has 3 nitrogen and oxygen atoms in total. The number of thiophene rings is 1. The summed E-state index contributed by atoms with van der Waals surface area (Å²) in [5.74, 6) is 0.658. The topological polar surface area (TPSA) is 44.1 Å². The summed E-state index contributed by atoms with van der Waals surface area (Å²) in [5, 5.41) is 9.52. The summed E-state index contributed by atoms with van der Waals surface area (Å²) in [6, 6.07) is 11.6.